The van der Waals surface area contributed by atoms with E-state index in [1.54, 1.807) is 23.6 Å². The van der Waals surface area contributed by atoms with Gasteiger partial charge in [-0.05, 0) is 56.3 Å². The number of hydrogen-bond acceptors (Lipinski definition) is 9. The molecule has 0 aliphatic rings. The molecule has 1 amide bonds. The number of carbonyl (C=O) groups excluding carboxylic acids is 1. The van der Waals surface area contributed by atoms with Crippen molar-refractivity contribution >= 4 is 38.1 Å². The van der Waals surface area contributed by atoms with E-state index in [9.17, 15) is 13.2 Å². The summed E-state index contributed by atoms with van der Waals surface area (Å²) in [5, 5.41) is 8.59. The highest BCUT2D eigenvalue weighted by molar-refractivity contribution is 7.93. The van der Waals surface area contributed by atoms with Crippen LogP contribution < -0.4 is 19.5 Å². The number of methoxy groups -OCH3 is 1. The lowest BCUT2D eigenvalue weighted by molar-refractivity contribution is 0.102. The average molecular weight is 515 g/mol. The maximum atomic E-state index is 12.8. The number of sulfonamides is 1. The molecule has 0 aliphatic carbocycles. The zero-order valence-electron chi connectivity index (χ0n) is 19.1. The van der Waals surface area contributed by atoms with Crippen LogP contribution in [0, 0.1) is 13.8 Å². The minimum Gasteiger partial charge on any atom is -0.493 e. The molecule has 12 heteroatoms. The molecule has 0 saturated carbocycles. The zero-order chi connectivity index (χ0) is 25.0. The highest BCUT2D eigenvalue weighted by atomic mass is 32.2. The van der Waals surface area contributed by atoms with E-state index >= 15 is 0 Å². The van der Waals surface area contributed by atoms with Crippen LogP contribution in [0.25, 0.3) is 0 Å². The fourth-order valence-corrected chi connectivity index (χ4v) is 4.94. The van der Waals surface area contributed by atoms with Crippen molar-refractivity contribution in [3.8, 4) is 11.5 Å². The number of aromatic nitrogens is 2. The molecule has 2 N–H and O–H groups in total. The number of thiazole rings is 1. The van der Waals surface area contributed by atoms with E-state index < -0.39 is 15.9 Å². The van der Waals surface area contributed by atoms with Gasteiger partial charge in [-0.1, -0.05) is 5.16 Å². The van der Waals surface area contributed by atoms with Crippen molar-refractivity contribution in [3.05, 3.63) is 76.6 Å². The number of benzene rings is 2. The summed E-state index contributed by atoms with van der Waals surface area (Å²) in [5.41, 5.74) is 2.37. The van der Waals surface area contributed by atoms with Gasteiger partial charge in [0.05, 0.1) is 23.3 Å². The van der Waals surface area contributed by atoms with Crippen molar-refractivity contribution in [3.63, 3.8) is 0 Å². The van der Waals surface area contributed by atoms with E-state index in [-0.39, 0.29) is 16.6 Å². The van der Waals surface area contributed by atoms with Crippen molar-refractivity contribution in [1.82, 2.24) is 10.1 Å². The largest absolute Gasteiger partial charge is 0.493 e. The van der Waals surface area contributed by atoms with Crippen LogP contribution in [0.15, 0.2) is 63.5 Å². The van der Waals surface area contributed by atoms with Gasteiger partial charge in [-0.2, -0.15) is 0 Å². The standard InChI is InChI=1S/C23H22N4O6S2/c1-14-19(15(2)33-26-14)13-32-20-9-4-16(12-21(20)31-3)22(28)25-17-5-7-18(8-6-17)35(29,30)27-23-24-10-11-34-23/h4-12H,13H2,1-3H3,(H,24,27)(H,25,28). The van der Waals surface area contributed by atoms with Gasteiger partial charge in [0, 0.05) is 22.8 Å². The number of aryl methyl sites for hydroxylation is 2. The Morgan fingerprint density at radius 3 is 2.51 bits per heavy atom. The van der Waals surface area contributed by atoms with E-state index in [0.29, 0.717) is 28.5 Å². The second-order valence-corrected chi connectivity index (χ2v) is 9.96. The summed E-state index contributed by atoms with van der Waals surface area (Å²) in [6.45, 7) is 3.89. The molecule has 0 saturated heterocycles. The molecule has 0 aliphatic heterocycles. The highest BCUT2D eigenvalue weighted by Crippen LogP contribution is 2.30. The number of nitrogens with zero attached hydrogens (tertiary/aromatic N) is 2. The van der Waals surface area contributed by atoms with E-state index in [1.807, 2.05) is 13.8 Å². The lowest BCUT2D eigenvalue weighted by Crippen LogP contribution is -2.14. The number of amides is 1. The first kappa shape index (κ1) is 24.2. The normalized spacial score (nSPS) is 11.2. The van der Waals surface area contributed by atoms with Crippen molar-refractivity contribution in [2.45, 2.75) is 25.3 Å². The summed E-state index contributed by atoms with van der Waals surface area (Å²) in [6, 6.07) is 10.6. The van der Waals surface area contributed by atoms with Gasteiger partial charge in [0.2, 0.25) is 0 Å². The molecule has 35 heavy (non-hydrogen) atoms. The first-order chi connectivity index (χ1) is 16.8. The summed E-state index contributed by atoms with van der Waals surface area (Å²) in [4.78, 5) is 16.7. The molecule has 2 heterocycles. The second-order valence-electron chi connectivity index (χ2n) is 7.38. The zero-order valence-corrected chi connectivity index (χ0v) is 20.7. The van der Waals surface area contributed by atoms with Crippen molar-refractivity contribution in [2.24, 2.45) is 0 Å². The highest BCUT2D eigenvalue weighted by Gasteiger charge is 2.17. The molecule has 0 atom stereocenters. The Morgan fingerprint density at radius 1 is 1.11 bits per heavy atom. The third-order valence-corrected chi connectivity index (χ3v) is 7.23. The van der Waals surface area contributed by atoms with Gasteiger partial charge in [-0.15, -0.1) is 11.3 Å². The molecule has 2 aromatic carbocycles. The molecule has 2 aromatic heterocycles. The molecular weight excluding hydrogens is 492 g/mol. The van der Waals surface area contributed by atoms with Crippen LogP contribution >= 0.6 is 11.3 Å². The molecule has 0 fully saturated rings. The first-order valence-corrected chi connectivity index (χ1v) is 12.7. The molecule has 0 spiro atoms. The quantitative estimate of drug-likeness (QED) is 0.336. The van der Waals surface area contributed by atoms with Gasteiger partial charge in [0.25, 0.3) is 15.9 Å². The first-order valence-electron chi connectivity index (χ1n) is 10.3. The molecule has 0 bridgehead atoms. The smallest absolute Gasteiger partial charge is 0.263 e. The SMILES string of the molecule is COc1cc(C(=O)Nc2ccc(S(=O)(=O)Nc3nccs3)cc2)ccc1OCc1c(C)noc1C. The molecule has 0 radical (unpaired) electrons. The van der Waals surface area contributed by atoms with Crippen LogP contribution in [0.3, 0.4) is 0 Å². The Bertz CT molecular complexity index is 1410. The van der Waals surface area contributed by atoms with Gasteiger partial charge in [0.1, 0.15) is 12.4 Å². The molecule has 4 aromatic rings. The van der Waals surface area contributed by atoms with Gasteiger partial charge in [-0.3, -0.25) is 9.52 Å². The Hall–Kier alpha value is -3.90. The van der Waals surface area contributed by atoms with Crippen LogP contribution in [0.1, 0.15) is 27.4 Å². The van der Waals surface area contributed by atoms with Crippen LogP contribution in [-0.4, -0.2) is 31.6 Å². The fourth-order valence-electron chi connectivity index (χ4n) is 3.15. The number of ether oxygens (including phenoxy) is 2. The van der Waals surface area contributed by atoms with Crippen molar-refractivity contribution < 1.29 is 27.2 Å². The number of anilines is 2. The minimum atomic E-state index is -3.78. The van der Waals surface area contributed by atoms with Crippen molar-refractivity contribution in [1.29, 1.82) is 0 Å². The maximum Gasteiger partial charge on any atom is 0.263 e. The average Bonchev–Trinajstić information content (AvgIpc) is 3.46. The van der Waals surface area contributed by atoms with E-state index in [1.165, 1.54) is 48.9 Å². The number of carbonyl (C=O) groups is 1. The maximum absolute atomic E-state index is 12.8. The van der Waals surface area contributed by atoms with Crippen molar-refractivity contribution in [2.75, 3.05) is 17.1 Å². The van der Waals surface area contributed by atoms with E-state index in [2.05, 4.69) is 20.2 Å². The van der Waals surface area contributed by atoms with Gasteiger partial charge in [-0.25, -0.2) is 13.4 Å². The Morgan fingerprint density at radius 2 is 1.89 bits per heavy atom. The van der Waals surface area contributed by atoms with Gasteiger partial charge in [0.15, 0.2) is 16.6 Å². The van der Waals surface area contributed by atoms with E-state index in [4.69, 9.17) is 14.0 Å². The summed E-state index contributed by atoms with van der Waals surface area (Å²) < 4.78 is 43.7. The molecule has 182 valence electrons. The third-order valence-electron chi connectivity index (χ3n) is 5.06. The molecule has 0 unspecified atom stereocenters. The van der Waals surface area contributed by atoms with Crippen LogP contribution in [0.2, 0.25) is 0 Å². The number of hydrogen-bond donors (Lipinski definition) is 2. The lowest BCUT2D eigenvalue weighted by Gasteiger charge is -2.12. The molecular formula is C23H22N4O6S2. The van der Waals surface area contributed by atoms with Crippen LogP contribution in [-0.2, 0) is 16.6 Å². The molecule has 10 nitrogen and oxygen atoms in total. The number of nitrogens with one attached hydrogen (secondary N) is 2. The minimum absolute atomic E-state index is 0.0483. The summed E-state index contributed by atoms with van der Waals surface area (Å²) >= 11 is 1.18. The summed E-state index contributed by atoms with van der Waals surface area (Å²) in [7, 11) is -2.29. The Kier molecular flexibility index (Phi) is 7.03. The van der Waals surface area contributed by atoms with Crippen LogP contribution in [0.5, 0.6) is 11.5 Å². The predicted molar refractivity (Wildman–Crippen MR) is 131 cm³/mol. The van der Waals surface area contributed by atoms with Gasteiger partial charge >= 0.3 is 0 Å². The topological polar surface area (TPSA) is 133 Å². The number of rotatable bonds is 9. The monoisotopic (exact) mass is 514 g/mol. The molecule has 4 rings (SSSR count). The van der Waals surface area contributed by atoms with E-state index in [0.717, 1.165) is 11.3 Å². The Labute approximate surface area is 206 Å². The summed E-state index contributed by atoms with van der Waals surface area (Å²) in [5.74, 6) is 1.14. The predicted octanol–water partition coefficient (Wildman–Crippen LogP) is 4.39. The van der Waals surface area contributed by atoms with Gasteiger partial charge < -0.3 is 19.3 Å². The van der Waals surface area contributed by atoms with Crippen LogP contribution in [0.4, 0.5) is 10.8 Å². The summed E-state index contributed by atoms with van der Waals surface area (Å²) in [6.07, 6.45) is 1.51. The third kappa shape index (κ3) is 5.61. The Balaban J connectivity index is 1.43. The lowest BCUT2D eigenvalue weighted by atomic mass is 10.1. The fraction of sp³-hybridized carbons (Fsp3) is 0.174. The second kappa shape index (κ2) is 10.2.